The highest BCUT2D eigenvalue weighted by molar-refractivity contribution is 5.90. The quantitative estimate of drug-likeness (QED) is 0.388. The van der Waals surface area contributed by atoms with E-state index in [-0.39, 0.29) is 5.90 Å². The van der Waals surface area contributed by atoms with Crippen LogP contribution >= 0.6 is 0 Å². The van der Waals surface area contributed by atoms with Crippen LogP contribution in [0.3, 0.4) is 0 Å². The second-order valence-electron chi connectivity index (χ2n) is 4.03. The highest BCUT2D eigenvalue weighted by Gasteiger charge is 2.07. The Morgan fingerprint density at radius 3 is 2.68 bits per heavy atom. The molecule has 0 fully saturated rings. The first kappa shape index (κ1) is 11.3. The van der Waals surface area contributed by atoms with Gasteiger partial charge >= 0.3 is 0 Å². The second kappa shape index (κ2) is 4.86. The molecule has 0 aliphatic carbocycles. The molecule has 1 aromatic carbocycles. The molecule has 0 aliphatic rings. The fourth-order valence-electron chi connectivity index (χ4n) is 1.85. The van der Waals surface area contributed by atoms with Crippen molar-refractivity contribution in [3.8, 4) is 0 Å². The molecule has 0 atom stereocenters. The highest BCUT2D eigenvalue weighted by atomic mass is 16.3. The SMILES string of the molecule is [O-]/C(=N\[n+]1cccc2ncccc21)c1ccccc1. The van der Waals surface area contributed by atoms with Gasteiger partial charge in [0, 0.05) is 18.3 Å². The first-order valence-electron chi connectivity index (χ1n) is 5.91. The smallest absolute Gasteiger partial charge is 0.263 e. The number of rotatable bonds is 2. The second-order valence-corrected chi connectivity index (χ2v) is 4.03. The third kappa shape index (κ3) is 2.28. The maximum atomic E-state index is 12.0. The van der Waals surface area contributed by atoms with Gasteiger partial charge in [0.2, 0.25) is 6.20 Å². The molecule has 0 bridgehead atoms. The van der Waals surface area contributed by atoms with Crippen molar-refractivity contribution in [3.63, 3.8) is 0 Å². The maximum Gasteiger partial charge on any atom is 0.263 e. The Morgan fingerprint density at radius 2 is 1.84 bits per heavy atom. The van der Waals surface area contributed by atoms with Gasteiger partial charge in [-0.1, -0.05) is 35.0 Å². The summed E-state index contributed by atoms with van der Waals surface area (Å²) >= 11 is 0. The first-order valence-corrected chi connectivity index (χ1v) is 5.91. The summed E-state index contributed by atoms with van der Waals surface area (Å²) in [7, 11) is 0. The van der Waals surface area contributed by atoms with Crippen LogP contribution in [0.25, 0.3) is 11.0 Å². The molecule has 0 spiro atoms. The fourth-order valence-corrected chi connectivity index (χ4v) is 1.85. The molecule has 4 heteroatoms. The Bertz CT molecular complexity index is 733. The van der Waals surface area contributed by atoms with Crippen molar-refractivity contribution in [1.82, 2.24) is 4.98 Å². The van der Waals surface area contributed by atoms with Crippen molar-refractivity contribution in [1.29, 1.82) is 0 Å². The van der Waals surface area contributed by atoms with Gasteiger partial charge in [-0.2, -0.15) is 0 Å². The lowest BCUT2D eigenvalue weighted by molar-refractivity contribution is -0.655. The standard InChI is InChI=1S/C15H11N3O/c19-15(12-6-2-1-3-7-12)17-18-11-5-8-13-14(18)9-4-10-16-13/h1-11H. The summed E-state index contributed by atoms with van der Waals surface area (Å²) in [5.41, 5.74) is 2.17. The molecule has 0 aliphatic heterocycles. The van der Waals surface area contributed by atoms with E-state index in [1.807, 2.05) is 42.5 Å². The van der Waals surface area contributed by atoms with E-state index in [1.165, 1.54) is 0 Å². The van der Waals surface area contributed by atoms with Gasteiger partial charge in [0.25, 0.3) is 5.52 Å². The molecule has 3 aromatic rings. The number of pyridine rings is 2. The van der Waals surface area contributed by atoms with Gasteiger partial charge in [0.05, 0.1) is 5.90 Å². The van der Waals surface area contributed by atoms with E-state index >= 15 is 0 Å². The van der Waals surface area contributed by atoms with Gasteiger partial charge in [0.15, 0.2) is 0 Å². The van der Waals surface area contributed by atoms with Crippen LogP contribution in [0.5, 0.6) is 0 Å². The van der Waals surface area contributed by atoms with Gasteiger partial charge in [0.1, 0.15) is 5.52 Å². The van der Waals surface area contributed by atoms with E-state index in [1.54, 1.807) is 29.2 Å². The van der Waals surface area contributed by atoms with Gasteiger partial charge in [-0.15, -0.1) is 0 Å². The van der Waals surface area contributed by atoms with Gasteiger partial charge in [-0.3, -0.25) is 0 Å². The van der Waals surface area contributed by atoms with Crippen LogP contribution in [-0.4, -0.2) is 10.9 Å². The molecule has 0 amide bonds. The molecule has 0 saturated carbocycles. The molecule has 2 heterocycles. The van der Waals surface area contributed by atoms with Crippen molar-refractivity contribution in [2.45, 2.75) is 0 Å². The molecule has 19 heavy (non-hydrogen) atoms. The molecule has 2 aromatic heterocycles. The normalized spacial score (nSPS) is 11.7. The average Bonchev–Trinajstić information content (AvgIpc) is 2.48. The summed E-state index contributed by atoms with van der Waals surface area (Å²) in [6, 6.07) is 16.4. The molecule has 0 N–H and O–H groups in total. The number of aromatic nitrogens is 2. The van der Waals surface area contributed by atoms with E-state index in [0.717, 1.165) is 11.0 Å². The Morgan fingerprint density at radius 1 is 1.00 bits per heavy atom. The monoisotopic (exact) mass is 249 g/mol. The summed E-state index contributed by atoms with van der Waals surface area (Å²) in [4.78, 5) is 4.23. The number of fused-ring (bicyclic) bond motifs is 1. The van der Waals surface area contributed by atoms with Crippen molar-refractivity contribution in [2.75, 3.05) is 0 Å². The molecule has 0 unspecified atom stereocenters. The Kier molecular flexibility index (Phi) is 2.90. The average molecular weight is 249 g/mol. The Labute approximate surface area is 110 Å². The number of nitrogens with zero attached hydrogens (tertiary/aromatic N) is 3. The maximum absolute atomic E-state index is 12.0. The number of benzene rings is 1. The summed E-state index contributed by atoms with van der Waals surface area (Å²) < 4.78 is 1.55. The highest BCUT2D eigenvalue weighted by Crippen LogP contribution is 2.04. The minimum Gasteiger partial charge on any atom is -0.854 e. The summed E-state index contributed by atoms with van der Waals surface area (Å²) in [6.07, 6.45) is 3.45. The molecular formula is C15H11N3O. The van der Waals surface area contributed by atoms with Crippen molar-refractivity contribution >= 4 is 16.9 Å². The first-order chi connectivity index (χ1) is 9.34. The van der Waals surface area contributed by atoms with Crippen LogP contribution in [-0.2, 0) is 0 Å². The molecule has 3 rings (SSSR count). The zero-order valence-corrected chi connectivity index (χ0v) is 10.1. The molecule has 4 nitrogen and oxygen atoms in total. The van der Waals surface area contributed by atoms with Crippen LogP contribution in [0.15, 0.2) is 72.1 Å². The molecule has 92 valence electrons. The molecular weight excluding hydrogens is 238 g/mol. The van der Waals surface area contributed by atoms with Gasteiger partial charge in [-0.25, -0.2) is 4.98 Å². The van der Waals surface area contributed by atoms with E-state index in [0.29, 0.717) is 5.56 Å². The van der Waals surface area contributed by atoms with Gasteiger partial charge < -0.3 is 5.11 Å². The number of hydrogen-bond acceptors (Lipinski definition) is 3. The third-order valence-corrected chi connectivity index (χ3v) is 2.76. The zero-order chi connectivity index (χ0) is 13.1. The third-order valence-electron chi connectivity index (χ3n) is 2.76. The minimum absolute atomic E-state index is 0.276. The van der Waals surface area contributed by atoms with Gasteiger partial charge in [-0.05, 0) is 22.8 Å². The Hall–Kier alpha value is -2.75. The van der Waals surface area contributed by atoms with E-state index in [9.17, 15) is 5.11 Å². The topological polar surface area (TPSA) is 52.2 Å². The largest absolute Gasteiger partial charge is 0.854 e. The summed E-state index contributed by atoms with van der Waals surface area (Å²) in [6.45, 7) is 0. The fraction of sp³-hybridized carbons (Fsp3) is 0. The number of hydrogen-bond donors (Lipinski definition) is 0. The Balaban J connectivity index is 2.11. The lowest BCUT2D eigenvalue weighted by atomic mass is 10.2. The predicted molar refractivity (Wildman–Crippen MR) is 70.3 cm³/mol. The lowest BCUT2D eigenvalue weighted by Gasteiger charge is -2.06. The molecule has 0 radical (unpaired) electrons. The zero-order valence-electron chi connectivity index (χ0n) is 10.1. The van der Waals surface area contributed by atoms with Crippen LogP contribution in [0.2, 0.25) is 0 Å². The summed E-state index contributed by atoms with van der Waals surface area (Å²) in [5, 5.41) is 16.1. The predicted octanol–water partition coefficient (Wildman–Crippen LogP) is 1.09. The van der Waals surface area contributed by atoms with E-state index in [2.05, 4.69) is 10.1 Å². The van der Waals surface area contributed by atoms with E-state index < -0.39 is 0 Å². The van der Waals surface area contributed by atoms with E-state index in [4.69, 9.17) is 0 Å². The lowest BCUT2D eigenvalue weighted by Crippen LogP contribution is -2.34. The minimum atomic E-state index is -0.276. The van der Waals surface area contributed by atoms with Crippen LogP contribution in [0, 0.1) is 0 Å². The van der Waals surface area contributed by atoms with Crippen LogP contribution < -0.4 is 9.78 Å². The van der Waals surface area contributed by atoms with Crippen LogP contribution in [0.4, 0.5) is 0 Å². The van der Waals surface area contributed by atoms with Crippen molar-refractivity contribution in [2.24, 2.45) is 5.10 Å². The van der Waals surface area contributed by atoms with Crippen molar-refractivity contribution in [3.05, 3.63) is 72.6 Å². The van der Waals surface area contributed by atoms with Crippen molar-refractivity contribution < 1.29 is 9.78 Å². The molecule has 0 saturated heterocycles. The summed E-state index contributed by atoms with van der Waals surface area (Å²) in [5.74, 6) is -0.276. The van der Waals surface area contributed by atoms with Crippen LogP contribution in [0.1, 0.15) is 5.56 Å².